The van der Waals surface area contributed by atoms with Gasteiger partial charge in [-0.2, -0.15) is 0 Å². The average Bonchev–Trinajstić information content (AvgIpc) is 1.83. The molecule has 0 saturated heterocycles. The van der Waals surface area contributed by atoms with Crippen molar-refractivity contribution in [2.24, 2.45) is 0 Å². The third kappa shape index (κ3) is 4.37. The summed E-state index contributed by atoms with van der Waals surface area (Å²) in [5.74, 6) is 0. The quantitative estimate of drug-likeness (QED) is 0.551. The molecule has 0 bridgehead atoms. The number of hydrogen-bond donors (Lipinski definition) is 2. The molecule has 3 heteroatoms. The molecule has 0 aromatic heterocycles. The highest BCUT2D eigenvalue weighted by molar-refractivity contribution is 6.20. The lowest BCUT2D eigenvalue weighted by molar-refractivity contribution is 0.259. The summed E-state index contributed by atoms with van der Waals surface area (Å²) in [6.45, 7) is 0.158. The number of halogens is 1. The molecule has 0 aromatic rings. The maximum atomic E-state index is 8.35. The Morgan fingerprint density at radius 2 is 2.00 bits per heavy atom. The average molecular weight is 139 g/mol. The van der Waals surface area contributed by atoms with Gasteiger partial charge < -0.3 is 10.2 Å². The Labute approximate surface area is 54.1 Å². The van der Waals surface area contributed by atoms with Gasteiger partial charge >= 0.3 is 0 Å². The topological polar surface area (TPSA) is 40.5 Å². The predicted octanol–water partition coefficient (Wildman–Crippen LogP) is 0.359. The van der Waals surface area contributed by atoms with Crippen LogP contribution in [0.25, 0.3) is 0 Å². The third-order valence-electron chi connectivity index (χ3n) is 0.874. The molecule has 0 aliphatic carbocycles. The van der Waals surface area contributed by atoms with Gasteiger partial charge in [0.15, 0.2) is 0 Å². The molecule has 0 fully saturated rings. The van der Waals surface area contributed by atoms with Crippen molar-refractivity contribution in [2.45, 2.75) is 18.2 Å². The highest BCUT2D eigenvalue weighted by Gasteiger charge is 1.99. The van der Waals surface area contributed by atoms with Crippen LogP contribution in [-0.4, -0.2) is 28.8 Å². The first-order valence-corrected chi connectivity index (χ1v) is 3.10. The van der Waals surface area contributed by atoms with Gasteiger partial charge in [0.1, 0.15) is 0 Å². The first-order valence-electron chi connectivity index (χ1n) is 2.67. The van der Waals surface area contributed by atoms with Gasteiger partial charge in [0, 0.05) is 6.61 Å². The Kier molecular flexibility index (Phi) is 5.49. The van der Waals surface area contributed by atoms with Gasteiger partial charge in [0.05, 0.1) is 12.0 Å². The molecule has 2 N–H and O–H groups in total. The summed E-state index contributed by atoms with van der Waals surface area (Å²) in [4.78, 5) is 0. The first-order chi connectivity index (χ1) is 3.81. The monoisotopic (exact) mass is 138 g/mol. The maximum absolute atomic E-state index is 8.35. The van der Waals surface area contributed by atoms with Crippen LogP contribution in [0.1, 0.15) is 12.8 Å². The third-order valence-corrected chi connectivity index (χ3v) is 1.23. The van der Waals surface area contributed by atoms with E-state index in [2.05, 4.69) is 0 Å². The van der Waals surface area contributed by atoms with Crippen LogP contribution in [0.5, 0.6) is 0 Å². The van der Waals surface area contributed by atoms with Crippen LogP contribution < -0.4 is 0 Å². The van der Waals surface area contributed by atoms with Gasteiger partial charge in [-0.3, -0.25) is 0 Å². The Morgan fingerprint density at radius 3 is 2.38 bits per heavy atom. The number of alkyl halides is 1. The summed E-state index contributed by atoms with van der Waals surface area (Å²) >= 11 is 5.48. The van der Waals surface area contributed by atoms with E-state index < -0.39 is 0 Å². The van der Waals surface area contributed by atoms with Crippen LogP contribution in [0.2, 0.25) is 0 Å². The van der Waals surface area contributed by atoms with Gasteiger partial charge in [-0.1, -0.05) is 0 Å². The van der Waals surface area contributed by atoms with Crippen LogP contribution in [0, 0.1) is 0 Å². The van der Waals surface area contributed by atoms with E-state index in [1.54, 1.807) is 0 Å². The van der Waals surface area contributed by atoms with E-state index in [1.807, 2.05) is 0 Å². The lowest BCUT2D eigenvalue weighted by Crippen LogP contribution is -2.04. The van der Waals surface area contributed by atoms with E-state index in [1.165, 1.54) is 0 Å². The molecule has 1 unspecified atom stereocenters. The van der Waals surface area contributed by atoms with Gasteiger partial charge in [-0.15, -0.1) is 11.6 Å². The summed E-state index contributed by atoms with van der Waals surface area (Å²) in [5, 5.41) is 16.4. The normalized spacial score (nSPS) is 13.9. The second kappa shape index (κ2) is 5.35. The summed E-state index contributed by atoms with van der Waals surface area (Å²) in [6, 6.07) is 0. The summed E-state index contributed by atoms with van der Waals surface area (Å²) < 4.78 is 0. The van der Waals surface area contributed by atoms with E-state index in [9.17, 15) is 0 Å². The van der Waals surface area contributed by atoms with E-state index in [0.717, 1.165) is 0 Å². The van der Waals surface area contributed by atoms with Crippen molar-refractivity contribution < 1.29 is 10.2 Å². The lowest BCUT2D eigenvalue weighted by Gasteiger charge is -2.00. The Balaban J connectivity index is 2.86. The number of aliphatic hydroxyl groups is 2. The number of aliphatic hydroxyl groups excluding tert-OH is 2. The molecule has 0 amide bonds. The molecule has 0 aromatic carbocycles. The zero-order valence-corrected chi connectivity index (χ0v) is 5.43. The fourth-order valence-electron chi connectivity index (χ4n) is 0.404. The second-order valence-electron chi connectivity index (χ2n) is 1.65. The Morgan fingerprint density at radius 1 is 1.38 bits per heavy atom. The molecular formula is C5H11ClO2. The number of rotatable bonds is 4. The molecule has 0 radical (unpaired) electrons. The van der Waals surface area contributed by atoms with Gasteiger partial charge in [0.2, 0.25) is 0 Å². The fraction of sp³-hybridized carbons (Fsp3) is 1.00. The van der Waals surface area contributed by atoms with Crippen LogP contribution >= 0.6 is 11.6 Å². The zero-order valence-electron chi connectivity index (χ0n) is 4.68. The highest BCUT2D eigenvalue weighted by Crippen LogP contribution is 2.02. The van der Waals surface area contributed by atoms with Crippen LogP contribution in [0.4, 0.5) is 0 Å². The zero-order chi connectivity index (χ0) is 6.41. The molecule has 0 aliphatic rings. The summed E-state index contributed by atoms with van der Waals surface area (Å²) in [6.07, 6.45) is 1.36. The molecular weight excluding hydrogens is 128 g/mol. The van der Waals surface area contributed by atoms with E-state index in [0.29, 0.717) is 12.8 Å². The van der Waals surface area contributed by atoms with Crippen molar-refractivity contribution in [3.63, 3.8) is 0 Å². The van der Waals surface area contributed by atoms with E-state index >= 15 is 0 Å². The minimum atomic E-state index is -0.179. The molecule has 8 heavy (non-hydrogen) atoms. The summed E-state index contributed by atoms with van der Waals surface area (Å²) in [7, 11) is 0. The highest BCUT2D eigenvalue weighted by atomic mass is 35.5. The predicted molar refractivity (Wildman–Crippen MR) is 33.0 cm³/mol. The molecule has 0 aliphatic heterocycles. The first kappa shape index (κ1) is 8.21. The van der Waals surface area contributed by atoms with Crippen LogP contribution in [0.15, 0.2) is 0 Å². The molecule has 0 saturated carbocycles. The van der Waals surface area contributed by atoms with Crippen molar-refractivity contribution in [3.05, 3.63) is 0 Å². The molecule has 0 spiro atoms. The van der Waals surface area contributed by atoms with Crippen LogP contribution in [-0.2, 0) is 0 Å². The minimum Gasteiger partial charge on any atom is -0.396 e. The standard InChI is InChI=1S/C5H11ClO2/c6-5(4-8)2-1-3-7/h5,7-8H,1-4H2. The second-order valence-corrected chi connectivity index (χ2v) is 2.26. The summed E-state index contributed by atoms with van der Waals surface area (Å²) in [5.41, 5.74) is 0. The van der Waals surface area contributed by atoms with Crippen LogP contribution in [0.3, 0.4) is 0 Å². The molecule has 50 valence electrons. The molecule has 1 atom stereocenters. The van der Waals surface area contributed by atoms with Gasteiger partial charge in [-0.25, -0.2) is 0 Å². The SMILES string of the molecule is OCCCC(Cl)CO. The van der Waals surface area contributed by atoms with Crippen molar-refractivity contribution in [3.8, 4) is 0 Å². The van der Waals surface area contributed by atoms with E-state index in [4.69, 9.17) is 21.8 Å². The maximum Gasteiger partial charge on any atom is 0.0595 e. The molecule has 2 nitrogen and oxygen atoms in total. The lowest BCUT2D eigenvalue weighted by atomic mass is 10.2. The Bertz CT molecular complexity index is 49.7. The van der Waals surface area contributed by atoms with Crippen molar-refractivity contribution in [1.82, 2.24) is 0 Å². The minimum absolute atomic E-state index is 0.00154. The number of hydrogen-bond acceptors (Lipinski definition) is 2. The fourth-order valence-corrected chi connectivity index (χ4v) is 0.558. The van der Waals surface area contributed by atoms with E-state index in [-0.39, 0.29) is 18.6 Å². The largest absolute Gasteiger partial charge is 0.396 e. The molecule has 0 heterocycles. The van der Waals surface area contributed by atoms with Crippen molar-refractivity contribution in [2.75, 3.05) is 13.2 Å². The Hall–Kier alpha value is 0.210. The smallest absolute Gasteiger partial charge is 0.0595 e. The molecule has 0 rings (SSSR count). The van der Waals surface area contributed by atoms with Crippen molar-refractivity contribution in [1.29, 1.82) is 0 Å². The van der Waals surface area contributed by atoms with Gasteiger partial charge in [0.25, 0.3) is 0 Å². The van der Waals surface area contributed by atoms with Gasteiger partial charge in [-0.05, 0) is 12.8 Å². The van der Waals surface area contributed by atoms with Crippen molar-refractivity contribution >= 4 is 11.6 Å².